The number of hydrogen-bond acceptors (Lipinski definition) is 6. The Bertz CT molecular complexity index is 1080. The average Bonchev–Trinajstić information content (AvgIpc) is 3.43. The van der Waals surface area contributed by atoms with Crippen molar-refractivity contribution in [2.45, 2.75) is 39.0 Å². The summed E-state index contributed by atoms with van der Waals surface area (Å²) in [5.74, 6) is 0.177. The molecule has 30 heavy (non-hydrogen) atoms. The van der Waals surface area contributed by atoms with E-state index in [0.717, 1.165) is 25.0 Å². The summed E-state index contributed by atoms with van der Waals surface area (Å²) in [6.45, 7) is 3.15. The van der Waals surface area contributed by atoms with Gasteiger partial charge in [-0.15, -0.1) is 0 Å². The van der Waals surface area contributed by atoms with Gasteiger partial charge < -0.3 is 18.7 Å². The third kappa shape index (κ3) is 4.18. The van der Waals surface area contributed by atoms with Crippen LogP contribution in [0.4, 0.5) is 0 Å². The van der Waals surface area contributed by atoms with Gasteiger partial charge in [0.25, 0.3) is 11.5 Å². The summed E-state index contributed by atoms with van der Waals surface area (Å²) in [7, 11) is 1.64. The second-order valence-corrected chi connectivity index (χ2v) is 7.55. The van der Waals surface area contributed by atoms with Gasteiger partial charge >= 0.3 is 0 Å². The van der Waals surface area contributed by atoms with Gasteiger partial charge in [0.15, 0.2) is 5.76 Å². The molecule has 0 N–H and O–H groups in total. The number of rotatable bonds is 6. The Kier molecular flexibility index (Phi) is 5.76. The lowest BCUT2D eigenvalue weighted by Crippen LogP contribution is -2.36. The number of ether oxygens (including phenoxy) is 1. The standard InChI is InChI=1S/C22H24N4O4/c1-15-7-9-26(14-17-6-4-10-29-17)22(28)20(15)21(27)25(2)13-18-11-19(24-30-18)16-5-3-8-23-12-16/h3,5,7-9,11-12,17H,4,6,10,13-14H2,1-2H3. The van der Waals surface area contributed by atoms with Crippen molar-refractivity contribution >= 4 is 5.91 Å². The Morgan fingerprint density at radius 3 is 2.97 bits per heavy atom. The Hall–Kier alpha value is -3.26. The van der Waals surface area contributed by atoms with Gasteiger partial charge in [0.1, 0.15) is 11.3 Å². The minimum atomic E-state index is -0.349. The Balaban J connectivity index is 1.51. The molecule has 1 atom stereocenters. The minimum Gasteiger partial charge on any atom is -0.376 e. The number of pyridine rings is 2. The van der Waals surface area contributed by atoms with E-state index in [9.17, 15) is 9.59 Å². The van der Waals surface area contributed by atoms with Crippen LogP contribution < -0.4 is 5.56 Å². The molecule has 0 radical (unpaired) electrons. The highest BCUT2D eigenvalue weighted by Crippen LogP contribution is 2.19. The number of aryl methyl sites for hydroxylation is 1. The van der Waals surface area contributed by atoms with Gasteiger partial charge in [0.2, 0.25) is 0 Å². The molecule has 0 aromatic carbocycles. The molecule has 3 aromatic rings. The highest BCUT2D eigenvalue weighted by molar-refractivity contribution is 5.95. The number of nitrogens with zero attached hydrogens (tertiary/aromatic N) is 4. The SMILES string of the molecule is Cc1ccn(CC2CCCO2)c(=O)c1C(=O)N(C)Cc1cc(-c2cccnc2)no1. The first-order chi connectivity index (χ1) is 14.5. The van der Waals surface area contributed by atoms with Gasteiger partial charge in [-0.3, -0.25) is 14.6 Å². The van der Waals surface area contributed by atoms with Crippen molar-refractivity contribution in [3.05, 3.63) is 70.1 Å². The molecular formula is C22H24N4O4. The molecule has 156 valence electrons. The number of aromatic nitrogens is 3. The van der Waals surface area contributed by atoms with Gasteiger partial charge in [-0.2, -0.15) is 0 Å². The molecule has 0 bridgehead atoms. The van der Waals surface area contributed by atoms with Crippen molar-refractivity contribution in [2.75, 3.05) is 13.7 Å². The van der Waals surface area contributed by atoms with Crippen LogP contribution in [-0.2, 0) is 17.8 Å². The topological polar surface area (TPSA) is 90.5 Å². The van der Waals surface area contributed by atoms with Crippen molar-refractivity contribution in [1.29, 1.82) is 0 Å². The van der Waals surface area contributed by atoms with Crippen molar-refractivity contribution in [1.82, 2.24) is 19.6 Å². The third-order valence-corrected chi connectivity index (χ3v) is 5.27. The van der Waals surface area contributed by atoms with E-state index in [0.29, 0.717) is 23.6 Å². The number of carbonyl (C=O) groups excluding carboxylic acids is 1. The summed E-state index contributed by atoms with van der Waals surface area (Å²) in [6.07, 6.45) is 7.05. The van der Waals surface area contributed by atoms with E-state index in [-0.39, 0.29) is 29.7 Å². The molecule has 4 rings (SSSR count). The zero-order valence-corrected chi connectivity index (χ0v) is 17.1. The summed E-state index contributed by atoms with van der Waals surface area (Å²) in [5, 5.41) is 4.05. The van der Waals surface area contributed by atoms with Crippen LogP contribution >= 0.6 is 0 Å². The largest absolute Gasteiger partial charge is 0.376 e. The lowest BCUT2D eigenvalue weighted by Gasteiger charge is -2.18. The minimum absolute atomic E-state index is 0.0196. The Labute approximate surface area is 174 Å². The second kappa shape index (κ2) is 8.62. The fraction of sp³-hybridized carbons (Fsp3) is 0.364. The van der Waals surface area contributed by atoms with E-state index < -0.39 is 0 Å². The molecule has 0 saturated carbocycles. The van der Waals surface area contributed by atoms with E-state index in [1.807, 2.05) is 12.1 Å². The van der Waals surface area contributed by atoms with Gasteiger partial charge in [0, 0.05) is 43.9 Å². The molecule has 8 heteroatoms. The van der Waals surface area contributed by atoms with E-state index in [2.05, 4.69) is 10.1 Å². The fourth-order valence-corrected chi connectivity index (χ4v) is 3.61. The van der Waals surface area contributed by atoms with Crippen LogP contribution in [0.15, 0.2) is 52.2 Å². The van der Waals surface area contributed by atoms with Gasteiger partial charge in [-0.05, 0) is 43.5 Å². The number of hydrogen-bond donors (Lipinski definition) is 0. The molecule has 0 spiro atoms. The average molecular weight is 408 g/mol. The predicted molar refractivity (Wildman–Crippen MR) is 110 cm³/mol. The maximum atomic E-state index is 13.1. The van der Waals surface area contributed by atoms with E-state index in [1.165, 1.54) is 4.90 Å². The molecular weight excluding hydrogens is 384 g/mol. The zero-order chi connectivity index (χ0) is 21.1. The van der Waals surface area contributed by atoms with Crippen LogP contribution in [0.1, 0.15) is 34.5 Å². The fourth-order valence-electron chi connectivity index (χ4n) is 3.61. The molecule has 1 aliphatic rings. The Morgan fingerprint density at radius 1 is 1.37 bits per heavy atom. The maximum Gasteiger partial charge on any atom is 0.263 e. The summed E-state index contributed by atoms with van der Waals surface area (Å²) in [4.78, 5) is 31.6. The monoisotopic (exact) mass is 408 g/mol. The summed E-state index contributed by atoms with van der Waals surface area (Å²) in [6, 6.07) is 7.27. The van der Waals surface area contributed by atoms with Crippen LogP contribution in [0.5, 0.6) is 0 Å². The predicted octanol–water partition coefficient (Wildman–Crippen LogP) is 2.66. The zero-order valence-electron chi connectivity index (χ0n) is 17.1. The van der Waals surface area contributed by atoms with Gasteiger partial charge in [0.05, 0.1) is 19.2 Å². The molecule has 0 aliphatic carbocycles. The quantitative estimate of drug-likeness (QED) is 0.623. The van der Waals surface area contributed by atoms with Crippen LogP contribution in [0, 0.1) is 6.92 Å². The van der Waals surface area contributed by atoms with Crippen molar-refractivity contribution in [2.24, 2.45) is 0 Å². The molecule has 1 fully saturated rings. The molecule has 1 saturated heterocycles. The van der Waals surface area contributed by atoms with Crippen LogP contribution in [0.3, 0.4) is 0 Å². The molecule has 1 aliphatic heterocycles. The van der Waals surface area contributed by atoms with E-state index in [4.69, 9.17) is 9.26 Å². The highest BCUT2D eigenvalue weighted by atomic mass is 16.5. The summed E-state index contributed by atoms with van der Waals surface area (Å²) < 4.78 is 12.6. The van der Waals surface area contributed by atoms with Crippen molar-refractivity contribution in [3.63, 3.8) is 0 Å². The molecule has 1 amide bonds. The molecule has 4 heterocycles. The van der Waals surface area contributed by atoms with Crippen molar-refractivity contribution in [3.8, 4) is 11.3 Å². The molecule has 8 nitrogen and oxygen atoms in total. The van der Waals surface area contributed by atoms with Crippen LogP contribution in [0.2, 0.25) is 0 Å². The van der Waals surface area contributed by atoms with Gasteiger partial charge in [-0.1, -0.05) is 5.16 Å². The first-order valence-electron chi connectivity index (χ1n) is 9.96. The maximum absolute atomic E-state index is 13.1. The first-order valence-corrected chi connectivity index (χ1v) is 9.96. The van der Waals surface area contributed by atoms with E-state index in [1.54, 1.807) is 49.3 Å². The van der Waals surface area contributed by atoms with Crippen molar-refractivity contribution < 1.29 is 14.1 Å². The van der Waals surface area contributed by atoms with Gasteiger partial charge in [-0.25, -0.2) is 0 Å². The smallest absolute Gasteiger partial charge is 0.263 e. The number of amides is 1. The third-order valence-electron chi connectivity index (χ3n) is 5.27. The lowest BCUT2D eigenvalue weighted by atomic mass is 10.1. The summed E-state index contributed by atoms with van der Waals surface area (Å²) >= 11 is 0. The van der Waals surface area contributed by atoms with E-state index >= 15 is 0 Å². The van der Waals surface area contributed by atoms with Crippen LogP contribution in [0.25, 0.3) is 11.3 Å². The Morgan fingerprint density at radius 2 is 2.23 bits per heavy atom. The first kappa shape index (κ1) is 20.0. The second-order valence-electron chi connectivity index (χ2n) is 7.55. The highest BCUT2D eigenvalue weighted by Gasteiger charge is 2.23. The van der Waals surface area contributed by atoms with Crippen LogP contribution in [-0.4, -0.2) is 45.3 Å². The normalized spacial score (nSPS) is 16.0. The molecule has 3 aromatic heterocycles. The number of carbonyl (C=O) groups is 1. The molecule has 1 unspecified atom stereocenters. The lowest BCUT2D eigenvalue weighted by molar-refractivity contribution is 0.0765. The summed E-state index contributed by atoms with van der Waals surface area (Å²) in [5.41, 5.74) is 2.00.